The normalized spacial score (nSPS) is 18.9. The number of benzene rings is 2. The Bertz CT molecular complexity index is 671. The van der Waals surface area contributed by atoms with Crippen LogP contribution in [0.1, 0.15) is 29.5 Å². The van der Waals surface area contributed by atoms with E-state index in [1.165, 1.54) is 35.2 Å². The van der Waals surface area contributed by atoms with Crippen LogP contribution in [0.15, 0.2) is 42.5 Å². The van der Waals surface area contributed by atoms with Crippen LogP contribution in [0.5, 0.6) is 0 Å². The Morgan fingerprint density at radius 3 is 2.65 bits per heavy atom. The van der Waals surface area contributed by atoms with Gasteiger partial charge in [0.25, 0.3) is 0 Å². The fourth-order valence-electron chi connectivity index (χ4n) is 3.64. The highest BCUT2D eigenvalue weighted by Crippen LogP contribution is 2.53. The lowest BCUT2D eigenvalue weighted by Gasteiger charge is -2.37. The van der Waals surface area contributed by atoms with Crippen LogP contribution >= 0.6 is 0 Å². The molecular weight excluding hydrogens is 244 g/mol. The Kier molecular flexibility index (Phi) is 2.38. The van der Waals surface area contributed by atoms with E-state index in [9.17, 15) is 0 Å². The van der Waals surface area contributed by atoms with E-state index < -0.39 is 0 Å². The van der Waals surface area contributed by atoms with Gasteiger partial charge in [-0.3, -0.25) is 0 Å². The van der Waals surface area contributed by atoms with E-state index in [1.54, 1.807) is 0 Å². The van der Waals surface area contributed by atoms with Crippen molar-refractivity contribution in [1.29, 1.82) is 0 Å². The summed E-state index contributed by atoms with van der Waals surface area (Å²) in [6.07, 6.45) is 2.62. The van der Waals surface area contributed by atoms with Crippen molar-refractivity contribution in [3.63, 3.8) is 0 Å². The summed E-state index contributed by atoms with van der Waals surface area (Å²) >= 11 is 0. The molecule has 1 aliphatic carbocycles. The van der Waals surface area contributed by atoms with E-state index in [1.807, 2.05) is 0 Å². The molecule has 1 saturated carbocycles. The molecule has 2 heteroatoms. The molecule has 0 atom stereocenters. The topological polar surface area (TPSA) is 29.3 Å². The molecule has 0 unspecified atom stereocenters. The Labute approximate surface area is 120 Å². The minimum absolute atomic E-state index is 0.392. The monoisotopic (exact) mass is 264 g/mol. The molecule has 1 aliphatic heterocycles. The molecule has 2 nitrogen and oxygen atoms in total. The molecule has 2 aliphatic rings. The lowest BCUT2D eigenvalue weighted by Crippen LogP contribution is -2.38. The summed E-state index contributed by atoms with van der Waals surface area (Å²) in [7, 11) is 0. The van der Waals surface area contributed by atoms with E-state index in [-0.39, 0.29) is 0 Å². The minimum Gasteiger partial charge on any atom is -0.399 e. The number of aryl methyl sites for hydroxylation is 1. The van der Waals surface area contributed by atoms with Crippen LogP contribution in [-0.4, -0.2) is 6.54 Å². The summed E-state index contributed by atoms with van der Waals surface area (Å²) in [5, 5.41) is 0. The van der Waals surface area contributed by atoms with Crippen molar-refractivity contribution in [2.75, 3.05) is 17.2 Å². The van der Waals surface area contributed by atoms with Crippen LogP contribution in [-0.2, 0) is 12.0 Å². The van der Waals surface area contributed by atoms with Crippen molar-refractivity contribution < 1.29 is 0 Å². The molecule has 4 rings (SSSR count). The summed E-state index contributed by atoms with van der Waals surface area (Å²) < 4.78 is 0. The lowest BCUT2D eigenvalue weighted by atomic mass is 9.86. The lowest BCUT2D eigenvalue weighted by molar-refractivity contribution is 0.592. The van der Waals surface area contributed by atoms with Gasteiger partial charge in [0, 0.05) is 29.9 Å². The molecule has 2 N–H and O–H groups in total. The van der Waals surface area contributed by atoms with Crippen LogP contribution < -0.4 is 10.6 Å². The molecule has 0 aromatic heterocycles. The maximum absolute atomic E-state index is 5.99. The zero-order valence-electron chi connectivity index (χ0n) is 11.9. The second kappa shape index (κ2) is 4.02. The number of nitrogen functional groups attached to an aromatic ring is 1. The highest BCUT2D eigenvalue weighted by Gasteiger charge is 2.49. The average Bonchev–Trinajstić information content (AvgIpc) is 3.19. The highest BCUT2D eigenvalue weighted by molar-refractivity contribution is 5.59. The zero-order valence-corrected chi connectivity index (χ0v) is 11.9. The van der Waals surface area contributed by atoms with Crippen molar-refractivity contribution in [2.24, 2.45) is 0 Å². The summed E-state index contributed by atoms with van der Waals surface area (Å²) in [5.74, 6) is 0. The van der Waals surface area contributed by atoms with Gasteiger partial charge in [0.05, 0.1) is 0 Å². The smallest absolute Gasteiger partial charge is 0.0433 e. The molecular formula is C18H20N2. The predicted molar refractivity (Wildman–Crippen MR) is 84.0 cm³/mol. The number of anilines is 2. The third-order valence-corrected chi connectivity index (χ3v) is 4.87. The van der Waals surface area contributed by atoms with Crippen molar-refractivity contribution in [3.8, 4) is 0 Å². The third kappa shape index (κ3) is 1.71. The molecule has 2 aromatic carbocycles. The van der Waals surface area contributed by atoms with Gasteiger partial charge < -0.3 is 10.6 Å². The standard InChI is InChI=1S/C18H20N2/c1-13-4-2-3-5-17(13)20-11-14-10-15(19)6-7-16(14)18(12-20)8-9-18/h2-7,10H,8-9,11-12,19H2,1H3. The first kappa shape index (κ1) is 11.8. The van der Waals surface area contributed by atoms with Gasteiger partial charge >= 0.3 is 0 Å². The van der Waals surface area contributed by atoms with Crippen molar-refractivity contribution >= 4 is 11.4 Å². The highest BCUT2D eigenvalue weighted by atomic mass is 15.2. The van der Waals surface area contributed by atoms with Gasteiger partial charge in [-0.1, -0.05) is 24.3 Å². The van der Waals surface area contributed by atoms with Crippen LogP contribution in [0.3, 0.4) is 0 Å². The average molecular weight is 264 g/mol. The maximum atomic E-state index is 5.99. The summed E-state index contributed by atoms with van der Waals surface area (Å²) in [6.45, 7) is 4.32. The number of fused-ring (bicyclic) bond motifs is 2. The third-order valence-electron chi connectivity index (χ3n) is 4.87. The first-order valence-corrected chi connectivity index (χ1v) is 7.37. The molecule has 1 fully saturated rings. The van der Waals surface area contributed by atoms with Gasteiger partial charge in [-0.05, 0) is 54.7 Å². The SMILES string of the molecule is Cc1ccccc1N1Cc2cc(N)ccc2C2(CC2)C1. The first-order chi connectivity index (χ1) is 9.68. The van der Waals surface area contributed by atoms with Crippen LogP contribution in [0.25, 0.3) is 0 Å². The Balaban J connectivity index is 1.78. The molecule has 0 amide bonds. The quantitative estimate of drug-likeness (QED) is 0.797. The molecule has 0 bridgehead atoms. The Morgan fingerprint density at radius 2 is 1.90 bits per heavy atom. The van der Waals surface area contributed by atoms with Crippen LogP contribution in [0.2, 0.25) is 0 Å². The van der Waals surface area contributed by atoms with Gasteiger partial charge in [-0.2, -0.15) is 0 Å². The second-order valence-electron chi connectivity index (χ2n) is 6.34. The Hall–Kier alpha value is -1.96. The van der Waals surface area contributed by atoms with Gasteiger partial charge in [-0.15, -0.1) is 0 Å². The molecule has 1 heterocycles. The van der Waals surface area contributed by atoms with E-state index in [0.717, 1.165) is 18.8 Å². The van der Waals surface area contributed by atoms with E-state index in [2.05, 4.69) is 54.3 Å². The van der Waals surface area contributed by atoms with E-state index in [4.69, 9.17) is 5.73 Å². The molecule has 102 valence electrons. The van der Waals surface area contributed by atoms with Gasteiger partial charge in [-0.25, -0.2) is 0 Å². The minimum atomic E-state index is 0.392. The summed E-state index contributed by atoms with van der Waals surface area (Å²) in [6, 6.07) is 15.2. The number of nitrogens with zero attached hydrogens (tertiary/aromatic N) is 1. The van der Waals surface area contributed by atoms with Crippen LogP contribution in [0.4, 0.5) is 11.4 Å². The van der Waals surface area contributed by atoms with Crippen molar-refractivity contribution in [3.05, 3.63) is 59.2 Å². The molecule has 1 spiro atoms. The molecule has 0 radical (unpaired) electrons. The largest absolute Gasteiger partial charge is 0.399 e. The van der Waals surface area contributed by atoms with Crippen LogP contribution in [0, 0.1) is 6.92 Å². The zero-order chi connectivity index (χ0) is 13.7. The van der Waals surface area contributed by atoms with Gasteiger partial charge in [0.15, 0.2) is 0 Å². The number of hydrogen-bond donors (Lipinski definition) is 1. The number of hydrogen-bond acceptors (Lipinski definition) is 2. The number of nitrogens with two attached hydrogens (primary N) is 1. The molecule has 20 heavy (non-hydrogen) atoms. The predicted octanol–water partition coefficient (Wildman–Crippen LogP) is 3.63. The van der Waals surface area contributed by atoms with Gasteiger partial charge in [0.1, 0.15) is 0 Å². The first-order valence-electron chi connectivity index (χ1n) is 7.37. The second-order valence-corrected chi connectivity index (χ2v) is 6.34. The fraction of sp³-hybridized carbons (Fsp3) is 0.333. The summed E-state index contributed by atoms with van der Waals surface area (Å²) in [4.78, 5) is 2.53. The van der Waals surface area contributed by atoms with E-state index >= 15 is 0 Å². The molecule has 0 saturated heterocycles. The maximum Gasteiger partial charge on any atom is 0.0433 e. The summed E-state index contributed by atoms with van der Waals surface area (Å²) in [5.41, 5.74) is 12.9. The Morgan fingerprint density at radius 1 is 1.10 bits per heavy atom. The van der Waals surface area contributed by atoms with Gasteiger partial charge in [0.2, 0.25) is 0 Å². The van der Waals surface area contributed by atoms with E-state index in [0.29, 0.717) is 5.41 Å². The molecule has 2 aromatic rings. The van der Waals surface area contributed by atoms with Crippen molar-refractivity contribution in [2.45, 2.75) is 31.7 Å². The number of rotatable bonds is 1. The fourth-order valence-corrected chi connectivity index (χ4v) is 3.64. The number of para-hydroxylation sites is 1. The van der Waals surface area contributed by atoms with Crippen molar-refractivity contribution in [1.82, 2.24) is 0 Å².